The first-order chi connectivity index (χ1) is 14.0. The number of methoxy groups -OCH3 is 1. The van der Waals surface area contributed by atoms with Crippen molar-refractivity contribution in [1.82, 2.24) is 0 Å². The van der Waals surface area contributed by atoms with Crippen LogP contribution in [0.1, 0.15) is 11.1 Å². The largest absolute Gasteiger partial charge is 0.508 e. The van der Waals surface area contributed by atoms with Crippen molar-refractivity contribution >= 4 is 35.5 Å². The molecule has 0 fully saturated rings. The Labute approximate surface area is 173 Å². The van der Waals surface area contributed by atoms with Crippen molar-refractivity contribution in [2.75, 3.05) is 7.11 Å². The Hall–Kier alpha value is -3.57. The summed E-state index contributed by atoms with van der Waals surface area (Å²) in [6.45, 7) is 0. The molecule has 0 unspecified atom stereocenters. The number of esters is 1. The lowest BCUT2D eigenvalue weighted by Crippen LogP contribution is -2.06. The van der Waals surface area contributed by atoms with Crippen molar-refractivity contribution in [1.29, 1.82) is 0 Å². The molecule has 0 bridgehead atoms. The van der Waals surface area contributed by atoms with E-state index in [1.54, 1.807) is 48.7 Å². The molecule has 0 aliphatic carbocycles. The number of phenolic OH excluding ortho intramolecular Hbond substituents is 1. The second-order valence-electron chi connectivity index (χ2n) is 5.97. The topological polar surface area (TPSA) is 68.1 Å². The van der Waals surface area contributed by atoms with Gasteiger partial charge in [0.25, 0.3) is 0 Å². The molecule has 0 saturated carbocycles. The molecule has 0 atom stereocenters. The number of rotatable bonds is 6. The zero-order valence-electron chi connectivity index (χ0n) is 15.6. The van der Waals surface area contributed by atoms with Crippen molar-refractivity contribution < 1.29 is 19.4 Å². The fourth-order valence-electron chi connectivity index (χ4n) is 2.46. The van der Waals surface area contributed by atoms with Crippen molar-refractivity contribution in [3.8, 4) is 17.2 Å². The monoisotopic (exact) mass is 407 g/mol. The van der Waals surface area contributed by atoms with Crippen LogP contribution in [0.3, 0.4) is 0 Å². The summed E-state index contributed by atoms with van der Waals surface area (Å²) in [6, 6.07) is 19.1. The Morgan fingerprint density at radius 3 is 2.45 bits per heavy atom. The van der Waals surface area contributed by atoms with E-state index in [9.17, 15) is 9.90 Å². The molecule has 6 heteroatoms. The second-order valence-corrected chi connectivity index (χ2v) is 6.38. The van der Waals surface area contributed by atoms with E-state index in [0.717, 1.165) is 5.56 Å². The number of aromatic hydroxyl groups is 1. The number of hydrogen-bond donors (Lipinski definition) is 1. The average molecular weight is 408 g/mol. The highest BCUT2D eigenvalue weighted by molar-refractivity contribution is 6.32. The maximum Gasteiger partial charge on any atom is 0.336 e. The van der Waals surface area contributed by atoms with E-state index in [2.05, 4.69) is 4.99 Å². The van der Waals surface area contributed by atoms with Crippen LogP contribution < -0.4 is 9.47 Å². The van der Waals surface area contributed by atoms with Gasteiger partial charge < -0.3 is 14.6 Å². The van der Waals surface area contributed by atoms with Crippen LogP contribution in [0.4, 0.5) is 5.69 Å². The highest BCUT2D eigenvalue weighted by Gasteiger charge is 2.14. The van der Waals surface area contributed by atoms with Crippen LogP contribution in [-0.2, 0) is 4.79 Å². The predicted octanol–water partition coefficient (Wildman–Crippen LogP) is 5.42. The zero-order chi connectivity index (χ0) is 20.6. The summed E-state index contributed by atoms with van der Waals surface area (Å²) in [7, 11) is 1.46. The lowest BCUT2D eigenvalue weighted by Gasteiger charge is -2.11. The minimum absolute atomic E-state index is 0.138. The van der Waals surface area contributed by atoms with Gasteiger partial charge in [-0.3, -0.25) is 4.99 Å². The van der Waals surface area contributed by atoms with Crippen molar-refractivity contribution in [3.63, 3.8) is 0 Å². The molecular weight excluding hydrogens is 390 g/mol. The minimum atomic E-state index is -0.570. The fourth-order valence-corrected chi connectivity index (χ4v) is 2.72. The van der Waals surface area contributed by atoms with Gasteiger partial charge in [0.2, 0.25) is 0 Å². The zero-order valence-corrected chi connectivity index (χ0v) is 16.3. The van der Waals surface area contributed by atoms with Gasteiger partial charge in [0.1, 0.15) is 5.75 Å². The lowest BCUT2D eigenvalue weighted by atomic mass is 10.2. The van der Waals surface area contributed by atoms with Gasteiger partial charge in [-0.25, -0.2) is 4.79 Å². The van der Waals surface area contributed by atoms with Gasteiger partial charge in [-0.1, -0.05) is 41.9 Å². The van der Waals surface area contributed by atoms with Crippen LogP contribution in [-0.4, -0.2) is 24.4 Å². The number of carbonyl (C=O) groups is 1. The summed E-state index contributed by atoms with van der Waals surface area (Å²) in [4.78, 5) is 16.5. The first-order valence-corrected chi connectivity index (χ1v) is 9.08. The summed E-state index contributed by atoms with van der Waals surface area (Å²) in [5, 5.41) is 9.54. The standard InChI is InChI=1S/C23H18ClNO4/c1-28-21-14-17(15-25-18-8-10-19(26)11-9-18)13-20(24)23(21)29-22(27)12-7-16-5-3-2-4-6-16/h2-15,26H,1H3/b12-7+,25-15?. The first-order valence-electron chi connectivity index (χ1n) is 8.71. The number of nitrogens with zero attached hydrogens (tertiary/aromatic N) is 1. The third kappa shape index (κ3) is 5.70. The number of aliphatic imine (C=N–C) groups is 1. The van der Waals surface area contributed by atoms with Gasteiger partial charge in [-0.15, -0.1) is 0 Å². The molecule has 1 N–H and O–H groups in total. The Balaban J connectivity index is 1.76. The number of hydrogen-bond acceptors (Lipinski definition) is 5. The predicted molar refractivity (Wildman–Crippen MR) is 114 cm³/mol. The van der Waals surface area contributed by atoms with E-state index in [-0.39, 0.29) is 16.5 Å². The lowest BCUT2D eigenvalue weighted by molar-refractivity contribution is -0.129. The number of phenols is 1. The molecule has 0 aliphatic heterocycles. The van der Waals surface area contributed by atoms with Crippen LogP contribution in [0.2, 0.25) is 5.02 Å². The molecule has 0 aromatic heterocycles. The molecule has 0 radical (unpaired) electrons. The van der Waals surface area contributed by atoms with Gasteiger partial charge in [-0.05, 0) is 53.6 Å². The highest BCUT2D eigenvalue weighted by Crippen LogP contribution is 2.36. The van der Waals surface area contributed by atoms with Gasteiger partial charge in [0.15, 0.2) is 11.5 Å². The summed E-state index contributed by atoms with van der Waals surface area (Å²) < 4.78 is 10.7. The molecule has 3 aromatic carbocycles. The number of ether oxygens (including phenoxy) is 2. The van der Waals surface area contributed by atoms with E-state index in [1.165, 1.54) is 13.2 Å². The van der Waals surface area contributed by atoms with E-state index >= 15 is 0 Å². The molecule has 29 heavy (non-hydrogen) atoms. The summed E-state index contributed by atoms with van der Waals surface area (Å²) in [5.41, 5.74) is 2.21. The summed E-state index contributed by atoms with van der Waals surface area (Å²) >= 11 is 6.30. The van der Waals surface area contributed by atoms with Crippen LogP contribution >= 0.6 is 11.6 Å². The van der Waals surface area contributed by atoms with Crippen LogP contribution in [0.15, 0.2) is 77.8 Å². The van der Waals surface area contributed by atoms with E-state index in [4.69, 9.17) is 21.1 Å². The molecule has 0 heterocycles. The van der Waals surface area contributed by atoms with Crippen LogP contribution in [0.25, 0.3) is 6.08 Å². The molecule has 3 rings (SSSR count). The Bertz CT molecular complexity index is 1040. The van der Waals surface area contributed by atoms with Crippen molar-refractivity contribution in [3.05, 3.63) is 89.0 Å². The smallest absolute Gasteiger partial charge is 0.336 e. The first kappa shape index (κ1) is 20.2. The highest BCUT2D eigenvalue weighted by atomic mass is 35.5. The third-order valence-electron chi connectivity index (χ3n) is 3.88. The second kappa shape index (κ2) is 9.57. The number of benzene rings is 3. The van der Waals surface area contributed by atoms with Crippen molar-refractivity contribution in [2.45, 2.75) is 0 Å². The molecule has 146 valence electrons. The molecular formula is C23H18ClNO4. The van der Waals surface area contributed by atoms with Crippen LogP contribution in [0.5, 0.6) is 17.2 Å². The Kier molecular flexibility index (Phi) is 6.66. The molecule has 0 aliphatic rings. The van der Waals surface area contributed by atoms with Gasteiger partial charge >= 0.3 is 5.97 Å². The van der Waals surface area contributed by atoms with Gasteiger partial charge in [0.05, 0.1) is 17.8 Å². The average Bonchev–Trinajstić information content (AvgIpc) is 2.74. The van der Waals surface area contributed by atoms with Gasteiger partial charge in [0, 0.05) is 12.3 Å². The fraction of sp³-hybridized carbons (Fsp3) is 0.0435. The summed E-state index contributed by atoms with van der Waals surface area (Å²) in [6.07, 6.45) is 4.58. The molecule has 0 saturated heterocycles. The van der Waals surface area contributed by atoms with Crippen LogP contribution in [0, 0.1) is 0 Å². The van der Waals surface area contributed by atoms with Gasteiger partial charge in [-0.2, -0.15) is 0 Å². The van der Waals surface area contributed by atoms with E-state index in [0.29, 0.717) is 17.0 Å². The number of halogens is 1. The molecule has 0 amide bonds. The maximum absolute atomic E-state index is 12.2. The SMILES string of the molecule is COc1cc(C=Nc2ccc(O)cc2)cc(Cl)c1OC(=O)/C=C/c1ccccc1. The van der Waals surface area contributed by atoms with E-state index < -0.39 is 5.97 Å². The normalized spacial score (nSPS) is 11.1. The quantitative estimate of drug-likeness (QED) is 0.256. The maximum atomic E-state index is 12.2. The van der Waals surface area contributed by atoms with E-state index in [1.807, 2.05) is 30.3 Å². The Morgan fingerprint density at radius 1 is 1.03 bits per heavy atom. The number of carbonyl (C=O) groups excluding carboxylic acids is 1. The van der Waals surface area contributed by atoms with Crippen molar-refractivity contribution in [2.24, 2.45) is 4.99 Å². The molecule has 0 spiro atoms. The summed E-state index contributed by atoms with van der Waals surface area (Å²) in [5.74, 6) is 0.0467. The molecule has 3 aromatic rings. The Morgan fingerprint density at radius 2 is 1.76 bits per heavy atom. The minimum Gasteiger partial charge on any atom is -0.508 e. The molecule has 5 nitrogen and oxygen atoms in total. The third-order valence-corrected chi connectivity index (χ3v) is 4.16.